The average molecular weight is 171 g/mol. The number of rotatable bonds is 6. The molecule has 0 saturated heterocycles. The number of nitrogens with zero attached hydrogens (tertiary/aromatic N) is 1. The maximum absolute atomic E-state index is 10.6. The van der Waals surface area contributed by atoms with Gasteiger partial charge in [0, 0.05) is 6.54 Å². The lowest BCUT2D eigenvalue weighted by atomic mass is 10.3. The number of aliphatic carboxylic acids is 1. The van der Waals surface area contributed by atoms with Crippen LogP contribution in [0.4, 0.5) is 0 Å². The molecule has 0 rings (SSSR count). The SMILES string of the molecule is C=CCN(CC(C)=O)CC(=O)O. The van der Waals surface area contributed by atoms with E-state index in [9.17, 15) is 9.59 Å². The molecule has 0 aromatic heterocycles. The fraction of sp³-hybridized carbons (Fsp3) is 0.500. The highest BCUT2D eigenvalue weighted by Crippen LogP contribution is 1.88. The van der Waals surface area contributed by atoms with E-state index in [0.717, 1.165) is 0 Å². The van der Waals surface area contributed by atoms with Crippen LogP contribution in [0.1, 0.15) is 6.92 Å². The lowest BCUT2D eigenvalue weighted by Crippen LogP contribution is -2.33. The second-order valence-electron chi connectivity index (χ2n) is 2.55. The van der Waals surface area contributed by atoms with E-state index < -0.39 is 5.97 Å². The van der Waals surface area contributed by atoms with E-state index in [1.54, 1.807) is 6.08 Å². The number of carbonyl (C=O) groups is 2. The van der Waals surface area contributed by atoms with Crippen molar-refractivity contribution < 1.29 is 14.7 Å². The number of Topliss-reactive ketones (excluding diaryl/α,β-unsaturated/α-hetero) is 1. The molecule has 0 aliphatic rings. The Balaban J connectivity index is 3.93. The highest BCUT2D eigenvalue weighted by Gasteiger charge is 2.09. The number of carbonyl (C=O) groups excluding carboxylic acids is 1. The van der Waals surface area contributed by atoms with E-state index in [1.165, 1.54) is 11.8 Å². The number of carboxylic acids is 1. The zero-order valence-electron chi connectivity index (χ0n) is 7.12. The van der Waals surface area contributed by atoms with Crippen molar-refractivity contribution in [2.24, 2.45) is 0 Å². The van der Waals surface area contributed by atoms with E-state index in [0.29, 0.717) is 6.54 Å². The molecule has 0 amide bonds. The Hall–Kier alpha value is -1.16. The molecule has 1 N–H and O–H groups in total. The summed E-state index contributed by atoms with van der Waals surface area (Å²) < 4.78 is 0. The molecule has 0 spiro atoms. The molecular formula is C8H13NO3. The Kier molecular flexibility index (Phi) is 4.96. The summed E-state index contributed by atoms with van der Waals surface area (Å²) in [6.07, 6.45) is 1.58. The predicted molar refractivity (Wildman–Crippen MR) is 45.0 cm³/mol. The van der Waals surface area contributed by atoms with E-state index in [1.807, 2.05) is 0 Å². The van der Waals surface area contributed by atoms with Crippen LogP contribution >= 0.6 is 0 Å². The van der Waals surface area contributed by atoms with Gasteiger partial charge in [-0.3, -0.25) is 14.5 Å². The minimum atomic E-state index is -0.932. The maximum Gasteiger partial charge on any atom is 0.317 e. The van der Waals surface area contributed by atoms with E-state index in [-0.39, 0.29) is 18.9 Å². The normalized spacial score (nSPS) is 9.83. The first-order valence-corrected chi connectivity index (χ1v) is 3.60. The molecule has 0 saturated carbocycles. The van der Waals surface area contributed by atoms with Crippen LogP contribution < -0.4 is 0 Å². The van der Waals surface area contributed by atoms with Crippen LogP contribution in [0.5, 0.6) is 0 Å². The minimum absolute atomic E-state index is 0.0434. The molecule has 12 heavy (non-hydrogen) atoms. The molecule has 0 aromatic carbocycles. The molecule has 0 heterocycles. The first-order valence-electron chi connectivity index (χ1n) is 3.60. The zero-order chi connectivity index (χ0) is 9.56. The predicted octanol–water partition coefficient (Wildman–Crippen LogP) is 0.148. The van der Waals surface area contributed by atoms with Crippen LogP contribution in [-0.4, -0.2) is 41.4 Å². The number of carboxylic acid groups (broad SMARTS) is 1. The Bertz CT molecular complexity index is 173. The standard InChI is InChI=1S/C8H13NO3/c1-3-4-9(5-7(2)10)6-8(11)12/h3H,1,4-6H2,2H3,(H,11,12). The third kappa shape index (κ3) is 5.61. The van der Waals surface area contributed by atoms with Gasteiger partial charge >= 0.3 is 5.97 Å². The smallest absolute Gasteiger partial charge is 0.317 e. The van der Waals surface area contributed by atoms with Gasteiger partial charge in [-0.05, 0) is 6.92 Å². The van der Waals surface area contributed by atoms with Gasteiger partial charge in [-0.2, -0.15) is 0 Å². The average Bonchev–Trinajstić information content (AvgIpc) is 1.84. The van der Waals surface area contributed by atoms with Crippen molar-refractivity contribution in [3.8, 4) is 0 Å². The van der Waals surface area contributed by atoms with Crippen LogP contribution in [0.3, 0.4) is 0 Å². The fourth-order valence-corrected chi connectivity index (χ4v) is 0.874. The molecule has 4 nitrogen and oxygen atoms in total. The van der Waals surface area contributed by atoms with Gasteiger partial charge < -0.3 is 5.11 Å². The van der Waals surface area contributed by atoms with Crippen LogP contribution in [0.25, 0.3) is 0 Å². The Morgan fingerprint density at radius 2 is 2.08 bits per heavy atom. The van der Waals surface area contributed by atoms with Crippen molar-refractivity contribution in [2.45, 2.75) is 6.92 Å². The molecule has 0 aromatic rings. The lowest BCUT2D eigenvalue weighted by molar-refractivity contribution is -0.138. The minimum Gasteiger partial charge on any atom is -0.480 e. The van der Waals surface area contributed by atoms with Crippen molar-refractivity contribution in [1.29, 1.82) is 0 Å². The lowest BCUT2D eigenvalue weighted by Gasteiger charge is -2.15. The quantitative estimate of drug-likeness (QED) is 0.578. The Labute approximate surface area is 71.5 Å². The fourth-order valence-electron chi connectivity index (χ4n) is 0.874. The summed E-state index contributed by atoms with van der Waals surface area (Å²) >= 11 is 0. The Morgan fingerprint density at radius 1 is 1.50 bits per heavy atom. The van der Waals surface area contributed by atoms with Gasteiger partial charge in [0.25, 0.3) is 0 Å². The molecule has 0 bridgehead atoms. The van der Waals surface area contributed by atoms with Gasteiger partial charge in [0.1, 0.15) is 5.78 Å². The van der Waals surface area contributed by atoms with Crippen LogP contribution in [0, 0.1) is 0 Å². The second-order valence-corrected chi connectivity index (χ2v) is 2.55. The number of hydrogen-bond donors (Lipinski definition) is 1. The summed E-state index contributed by atoms with van der Waals surface area (Å²) in [7, 11) is 0. The largest absolute Gasteiger partial charge is 0.480 e. The van der Waals surface area contributed by atoms with Crippen LogP contribution in [-0.2, 0) is 9.59 Å². The molecular weight excluding hydrogens is 158 g/mol. The summed E-state index contributed by atoms with van der Waals surface area (Å²) in [6.45, 7) is 5.37. The van der Waals surface area contributed by atoms with E-state index in [4.69, 9.17) is 5.11 Å². The van der Waals surface area contributed by atoms with Crippen molar-refractivity contribution in [3.05, 3.63) is 12.7 Å². The highest BCUT2D eigenvalue weighted by molar-refractivity contribution is 5.78. The highest BCUT2D eigenvalue weighted by atomic mass is 16.4. The van der Waals surface area contributed by atoms with Crippen molar-refractivity contribution in [2.75, 3.05) is 19.6 Å². The van der Waals surface area contributed by atoms with Crippen molar-refractivity contribution in [1.82, 2.24) is 4.90 Å². The van der Waals surface area contributed by atoms with Crippen molar-refractivity contribution in [3.63, 3.8) is 0 Å². The van der Waals surface area contributed by atoms with Gasteiger partial charge in [0.2, 0.25) is 0 Å². The van der Waals surface area contributed by atoms with Gasteiger partial charge in [-0.15, -0.1) is 6.58 Å². The molecule has 0 radical (unpaired) electrons. The Morgan fingerprint density at radius 3 is 2.42 bits per heavy atom. The zero-order valence-corrected chi connectivity index (χ0v) is 7.12. The van der Waals surface area contributed by atoms with Gasteiger partial charge in [-0.1, -0.05) is 6.08 Å². The summed E-state index contributed by atoms with van der Waals surface area (Å²) in [4.78, 5) is 22.4. The first-order chi connectivity index (χ1) is 5.56. The van der Waals surface area contributed by atoms with E-state index in [2.05, 4.69) is 6.58 Å². The summed E-state index contributed by atoms with van der Waals surface area (Å²) in [6, 6.07) is 0. The molecule has 0 aliphatic heterocycles. The first kappa shape index (κ1) is 10.8. The third-order valence-corrected chi connectivity index (χ3v) is 1.19. The second kappa shape index (κ2) is 5.49. The van der Waals surface area contributed by atoms with E-state index >= 15 is 0 Å². The molecule has 0 unspecified atom stereocenters. The van der Waals surface area contributed by atoms with Gasteiger partial charge in [0.15, 0.2) is 0 Å². The summed E-state index contributed by atoms with van der Waals surface area (Å²) in [5, 5.41) is 8.44. The summed E-state index contributed by atoms with van der Waals surface area (Å²) in [5.41, 5.74) is 0. The van der Waals surface area contributed by atoms with Crippen LogP contribution in [0.2, 0.25) is 0 Å². The molecule has 68 valence electrons. The van der Waals surface area contributed by atoms with Crippen LogP contribution in [0.15, 0.2) is 12.7 Å². The molecule has 4 heteroatoms. The van der Waals surface area contributed by atoms with Gasteiger partial charge in [-0.25, -0.2) is 0 Å². The monoisotopic (exact) mass is 171 g/mol. The molecule has 0 atom stereocenters. The molecule has 0 fully saturated rings. The molecule has 0 aliphatic carbocycles. The number of ketones is 1. The maximum atomic E-state index is 10.6. The van der Waals surface area contributed by atoms with Gasteiger partial charge in [0.05, 0.1) is 13.1 Å². The topological polar surface area (TPSA) is 57.6 Å². The summed E-state index contributed by atoms with van der Waals surface area (Å²) in [5.74, 6) is -0.976. The number of hydrogen-bond acceptors (Lipinski definition) is 3. The third-order valence-electron chi connectivity index (χ3n) is 1.19. The van der Waals surface area contributed by atoms with Crippen molar-refractivity contribution >= 4 is 11.8 Å².